The smallest absolute Gasteiger partial charge is 0.192 e. The van der Waals surface area contributed by atoms with Crippen molar-refractivity contribution in [2.75, 3.05) is 19.8 Å². The predicted molar refractivity (Wildman–Crippen MR) is 132 cm³/mol. The van der Waals surface area contributed by atoms with Crippen LogP contribution < -0.4 is 20.1 Å². The van der Waals surface area contributed by atoms with Crippen molar-refractivity contribution in [3.05, 3.63) is 58.9 Å². The first-order chi connectivity index (χ1) is 14.5. The van der Waals surface area contributed by atoms with Gasteiger partial charge in [0, 0.05) is 12.1 Å². The van der Waals surface area contributed by atoms with E-state index in [0.29, 0.717) is 48.3 Å². The van der Waals surface area contributed by atoms with E-state index in [4.69, 9.17) is 14.7 Å². The van der Waals surface area contributed by atoms with Crippen molar-refractivity contribution in [2.24, 2.45) is 4.99 Å². The van der Waals surface area contributed by atoms with Gasteiger partial charge in [0.1, 0.15) is 5.82 Å². The summed E-state index contributed by atoms with van der Waals surface area (Å²) in [4.78, 5) is 4.49. The second-order valence-electron chi connectivity index (χ2n) is 6.55. The molecule has 0 aromatic heterocycles. The maximum atomic E-state index is 14.1. The van der Waals surface area contributed by atoms with Crippen LogP contribution in [0.5, 0.6) is 11.5 Å². The van der Waals surface area contributed by atoms with Crippen molar-refractivity contribution < 1.29 is 13.9 Å². The van der Waals surface area contributed by atoms with E-state index in [1.165, 1.54) is 6.07 Å². The number of hydrogen-bond donors (Lipinski definition) is 2. The number of ether oxygens (including phenoxy) is 2. The van der Waals surface area contributed by atoms with Crippen LogP contribution in [0.1, 0.15) is 50.4 Å². The fourth-order valence-corrected chi connectivity index (χ4v) is 2.85. The summed E-state index contributed by atoms with van der Waals surface area (Å²) in [5.41, 5.74) is 1.73. The molecule has 1 unspecified atom stereocenters. The van der Waals surface area contributed by atoms with E-state index < -0.39 is 5.82 Å². The summed E-state index contributed by atoms with van der Waals surface area (Å²) in [6.07, 6.45) is 0. The first-order valence-electron chi connectivity index (χ1n) is 10.1. The van der Waals surface area contributed by atoms with Crippen molar-refractivity contribution >= 4 is 29.9 Å². The highest BCUT2D eigenvalue weighted by atomic mass is 127. The van der Waals surface area contributed by atoms with Crippen LogP contribution in [0.25, 0.3) is 0 Å². The number of guanidine groups is 1. The summed E-state index contributed by atoms with van der Waals surface area (Å²) >= 11 is 0. The van der Waals surface area contributed by atoms with Crippen LogP contribution in [0.3, 0.4) is 0 Å². The van der Waals surface area contributed by atoms with Gasteiger partial charge in [-0.25, -0.2) is 9.38 Å². The molecule has 0 aliphatic heterocycles. The standard InChI is InChI=1S/C23H29FN4O2.HI/c1-5-26-23(27-15-19-9-8-17(14-25)12-20(19)24)28-16(4)18-10-11-21(29-6-2)22(13-18)30-7-3;/h8-13,16H,5-7,15H2,1-4H3,(H2,26,27,28);1H. The Labute approximate surface area is 200 Å². The number of halogens is 2. The van der Waals surface area contributed by atoms with E-state index in [1.54, 1.807) is 12.1 Å². The highest BCUT2D eigenvalue weighted by Crippen LogP contribution is 2.30. The van der Waals surface area contributed by atoms with Crippen LogP contribution in [-0.2, 0) is 6.54 Å². The monoisotopic (exact) mass is 540 g/mol. The molecule has 31 heavy (non-hydrogen) atoms. The molecular weight excluding hydrogens is 510 g/mol. The van der Waals surface area contributed by atoms with Gasteiger partial charge in [-0.3, -0.25) is 0 Å². The minimum atomic E-state index is -0.436. The van der Waals surface area contributed by atoms with Gasteiger partial charge in [0.25, 0.3) is 0 Å². The molecule has 0 amide bonds. The van der Waals surface area contributed by atoms with Crippen molar-refractivity contribution in [3.8, 4) is 17.6 Å². The molecule has 2 aromatic carbocycles. The molecule has 0 aliphatic carbocycles. The third-order valence-electron chi connectivity index (χ3n) is 4.35. The van der Waals surface area contributed by atoms with Crippen molar-refractivity contribution in [2.45, 2.75) is 40.3 Å². The lowest BCUT2D eigenvalue weighted by molar-refractivity contribution is 0.287. The molecule has 0 heterocycles. The number of nitrogens with zero attached hydrogens (tertiary/aromatic N) is 2. The topological polar surface area (TPSA) is 78.7 Å². The Bertz CT molecular complexity index is 915. The highest BCUT2D eigenvalue weighted by molar-refractivity contribution is 14.0. The lowest BCUT2D eigenvalue weighted by atomic mass is 10.1. The second-order valence-corrected chi connectivity index (χ2v) is 6.55. The third kappa shape index (κ3) is 7.90. The molecule has 2 aromatic rings. The van der Waals surface area contributed by atoms with Gasteiger partial charge in [0.15, 0.2) is 17.5 Å². The molecule has 0 aliphatic rings. The first kappa shape index (κ1) is 26.5. The van der Waals surface area contributed by atoms with Gasteiger partial charge in [-0.15, -0.1) is 24.0 Å². The summed E-state index contributed by atoms with van der Waals surface area (Å²) < 4.78 is 25.5. The van der Waals surface area contributed by atoms with Gasteiger partial charge in [-0.05, 0) is 57.5 Å². The summed E-state index contributed by atoms with van der Waals surface area (Å²) in [5, 5.41) is 15.4. The molecule has 8 heteroatoms. The Balaban J connectivity index is 0.00000480. The van der Waals surface area contributed by atoms with Crippen LogP contribution in [0, 0.1) is 17.1 Å². The highest BCUT2D eigenvalue weighted by Gasteiger charge is 2.13. The second kappa shape index (κ2) is 13.7. The normalized spacial score (nSPS) is 11.7. The number of aliphatic imine (C=N–C) groups is 1. The van der Waals surface area contributed by atoms with Crippen LogP contribution >= 0.6 is 24.0 Å². The van der Waals surface area contributed by atoms with Crippen molar-refractivity contribution in [1.29, 1.82) is 5.26 Å². The van der Waals surface area contributed by atoms with Crippen molar-refractivity contribution in [1.82, 2.24) is 10.6 Å². The number of rotatable bonds is 9. The van der Waals surface area contributed by atoms with E-state index in [2.05, 4.69) is 15.6 Å². The number of hydrogen-bond acceptors (Lipinski definition) is 4. The maximum Gasteiger partial charge on any atom is 0.192 e. The fraction of sp³-hybridized carbons (Fsp3) is 0.391. The Kier molecular flexibility index (Phi) is 11.7. The van der Waals surface area contributed by atoms with Gasteiger partial charge in [-0.2, -0.15) is 5.26 Å². The van der Waals surface area contributed by atoms with Crippen LogP contribution in [0.2, 0.25) is 0 Å². The molecule has 168 valence electrons. The number of nitriles is 1. The van der Waals surface area contributed by atoms with Gasteiger partial charge in [0.05, 0.1) is 37.4 Å². The molecule has 0 saturated carbocycles. The molecule has 1 atom stereocenters. The zero-order valence-electron chi connectivity index (χ0n) is 18.4. The molecule has 0 radical (unpaired) electrons. The van der Waals surface area contributed by atoms with Crippen molar-refractivity contribution in [3.63, 3.8) is 0 Å². The molecule has 0 spiro atoms. The molecule has 0 bridgehead atoms. The van der Waals surface area contributed by atoms with Gasteiger partial charge in [0.2, 0.25) is 0 Å². The van der Waals surface area contributed by atoms with E-state index in [-0.39, 0.29) is 36.6 Å². The lowest BCUT2D eigenvalue weighted by Gasteiger charge is -2.20. The van der Waals surface area contributed by atoms with E-state index in [1.807, 2.05) is 52.0 Å². The average molecular weight is 540 g/mol. The average Bonchev–Trinajstić information content (AvgIpc) is 2.74. The quantitative estimate of drug-likeness (QED) is 0.268. The first-order valence-corrected chi connectivity index (χ1v) is 10.1. The third-order valence-corrected chi connectivity index (χ3v) is 4.35. The zero-order valence-corrected chi connectivity index (χ0v) is 20.7. The molecule has 2 N–H and O–H groups in total. The van der Waals surface area contributed by atoms with Crippen LogP contribution in [-0.4, -0.2) is 25.7 Å². The van der Waals surface area contributed by atoms with Gasteiger partial charge < -0.3 is 20.1 Å². The van der Waals surface area contributed by atoms with Crippen LogP contribution in [0.4, 0.5) is 4.39 Å². The summed E-state index contributed by atoms with van der Waals surface area (Å²) in [6.45, 7) is 9.79. The SMILES string of the molecule is CCNC(=NCc1ccc(C#N)cc1F)NC(C)c1ccc(OCC)c(OCC)c1.I. The van der Waals surface area contributed by atoms with Gasteiger partial charge >= 0.3 is 0 Å². The zero-order chi connectivity index (χ0) is 21.9. The van der Waals surface area contributed by atoms with Gasteiger partial charge in [-0.1, -0.05) is 12.1 Å². The molecule has 0 fully saturated rings. The minimum Gasteiger partial charge on any atom is -0.490 e. The Hall–Kier alpha value is -2.54. The van der Waals surface area contributed by atoms with E-state index >= 15 is 0 Å². The summed E-state index contributed by atoms with van der Waals surface area (Å²) in [7, 11) is 0. The Morgan fingerprint density at radius 2 is 1.81 bits per heavy atom. The minimum absolute atomic E-state index is 0. The molecule has 0 saturated heterocycles. The largest absolute Gasteiger partial charge is 0.490 e. The maximum absolute atomic E-state index is 14.1. The van der Waals surface area contributed by atoms with E-state index in [9.17, 15) is 4.39 Å². The molecule has 2 rings (SSSR count). The van der Waals surface area contributed by atoms with E-state index in [0.717, 1.165) is 5.56 Å². The molecule has 6 nitrogen and oxygen atoms in total. The molecular formula is C23H30FIN4O2. The Morgan fingerprint density at radius 3 is 2.42 bits per heavy atom. The number of nitrogens with one attached hydrogen (secondary N) is 2. The fourth-order valence-electron chi connectivity index (χ4n) is 2.85. The Morgan fingerprint density at radius 1 is 1.10 bits per heavy atom. The predicted octanol–water partition coefficient (Wildman–Crippen LogP) is 4.93. The number of benzene rings is 2. The summed E-state index contributed by atoms with van der Waals surface area (Å²) in [5.74, 6) is 1.55. The van der Waals surface area contributed by atoms with Crippen LogP contribution in [0.15, 0.2) is 41.4 Å². The lowest BCUT2D eigenvalue weighted by Crippen LogP contribution is -2.38. The summed E-state index contributed by atoms with van der Waals surface area (Å²) in [6, 6.07) is 12.1.